The molecule has 0 aliphatic heterocycles. The molecule has 0 radical (unpaired) electrons. The number of carbonyl (C=O) groups is 1. The Bertz CT molecular complexity index is 689. The van der Waals surface area contributed by atoms with Crippen molar-refractivity contribution >= 4 is 17.7 Å². The number of amides is 1. The van der Waals surface area contributed by atoms with Gasteiger partial charge < -0.3 is 5.32 Å². The number of thioether (sulfide) groups is 1. The Morgan fingerprint density at radius 2 is 1.71 bits per heavy atom. The van der Waals surface area contributed by atoms with Crippen LogP contribution >= 0.6 is 11.8 Å². The van der Waals surface area contributed by atoms with Gasteiger partial charge in [0, 0.05) is 11.4 Å². The fourth-order valence-electron chi connectivity index (χ4n) is 2.60. The fraction of sp³-hybridized carbons (Fsp3) is 0.381. The monoisotopic (exact) mass is 341 g/mol. The van der Waals surface area contributed by atoms with Gasteiger partial charge in [-0.3, -0.25) is 4.79 Å². The Morgan fingerprint density at radius 3 is 2.29 bits per heavy atom. The van der Waals surface area contributed by atoms with Crippen LogP contribution in [0.25, 0.3) is 11.1 Å². The normalized spacial score (nSPS) is 11.6. The van der Waals surface area contributed by atoms with E-state index in [9.17, 15) is 4.79 Å². The van der Waals surface area contributed by atoms with Gasteiger partial charge in [-0.05, 0) is 48.8 Å². The molecule has 0 aliphatic rings. The summed E-state index contributed by atoms with van der Waals surface area (Å²) in [4.78, 5) is 13.8. The van der Waals surface area contributed by atoms with Gasteiger partial charge in [0.1, 0.15) is 0 Å². The summed E-state index contributed by atoms with van der Waals surface area (Å²) in [6.45, 7) is 8.87. The van der Waals surface area contributed by atoms with Gasteiger partial charge in [0.2, 0.25) is 5.91 Å². The highest BCUT2D eigenvalue weighted by Crippen LogP contribution is 2.32. The number of hydrogen-bond donors (Lipinski definition) is 1. The molecule has 2 aromatic carbocycles. The van der Waals surface area contributed by atoms with Gasteiger partial charge in [-0.1, -0.05) is 56.3 Å². The van der Waals surface area contributed by atoms with Crippen molar-refractivity contribution in [3.05, 3.63) is 54.1 Å². The first-order valence-corrected chi connectivity index (χ1v) is 9.61. The summed E-state index contributed by atoms with van der Waals surface area (Å²) < 4.78 is 0. The second-order valence-electron chi connectivity index (χ2n) is 7.01. The van der Waals surface area contributed by atoms with Crippen LogP contribution in [0.5, 0.6) is 0 Å². The van der Waals surface area contributed by atoms with E-state index in [1.54, 1.807) is 11.8 Å². The molecule has 2 aromatic rings. The topological polar surface area (TPSA) is 29.1 Å². The van der Waals surface area contributed by atoms with Crippen molar-refractivity contribution in [2.75, 3.05) is 12.8 Å². The first-order chi connectivity index (χ1) is 11.4. The van der Waals surface area contributed by atoms with Gasteiger partial charge in [-0.25, -0.2) is 0 Å². The minimum absolute atomic E-state index is 0.0773. The molecule has 0 saturated heterocycles. The van der Waals surface area contributed by atoms with Gasteiger partial charge in [0.15, 0.2) is 0 Å². The lowest BCUT2D eigenvalue weighted by Crippen LogP contribution is -2.41. The molecule has 24 heavy (non-hydrogen) atoms. The predicted molar refractivity (Wildman–Crippen MR) is 105 cm³/mol. The van der Waals surface area contributed by atoms with Gasteiger partial charge in [0.05, 0.1) is 5.41 Å². The summed E-state index contributed by atoms with van der Waals surface area (Å²) >= 11 is 1.75. The average Bonchev–Trinajstić information content (AvgIpc) is 2.59. The van der Waals surface area contributed by atoms with Crippen molar-refractivity contribution in [3.8, 4) is 11.1 Å². The molecule has 0 unspecified atom stereocenters. The van der Waals surface area contributed by atoms with Crippen LogP contribution < -0.4 is 5.32 Å². The van der Waals surface area contributed by atoms with Gasteiger partial charge in [0.25, 0.3) is 0 Å². The molecule has 0 spiro atoms. The van der Waals surface area contributed by atoms with Crippen molar-refractivity contribution in [2.24, 2.45) is 5.92 Å². The van der Waals surface area contributed by atoms with Crippen LogP contribution in [0.15, 0.2) is 53.4 Å². The van der Waals surface area contributed by atoms with Crippen molar-refractivity contribution in [1.82, 2.24) is 5.32 Å². The van der Waals surface area contributed by atoms with Gasteiger partial charge >= 0.3 is 0 Å². The van der Waals surface area contributed by atoms with E-state index < -0.39 is 5.41 Å². The zero-order valence-electron chi connectivity index (χ0n) is 15.2. The van der Waals surface area contributed by atoms with Crippen LogP contribution in [0, 0.1) is 5.92 Å². The van der Waals surface area contributed by atoms with Crippen LogP contribution in [0.2, 0.25) is 0 Å². The lowest BCUT2D eigenvalue weighted by molar-refractivity contribution is -0.125. The van der Waals surface area contributed by atoms with E-state index in [2.05, 4.69) is 74.0 Å². The lowest BCUT2D eigenvalue weighted by Gasteiger charge is -2.25. The third-order valence-corrected chi connectivity index (χ3v) is 5.06. The Labute approximate surface area is 150 Å². The number of carbonyl (C=O) groups excluding carboxylic acids is 1. The number of rotatable bonds is 6. The van der Waals surface area contributed by atoms with Crippen LogP contribution in [0.4, 0.5) is 0 Å². The molecule has 128 valence electrons. The molecule has 0 aromatic heterocycles. The number of nitrogens with one attached hydrogen (secondary N) is 1. The van der Waals surface area contributed by atoms with E-state index in [0.29, 0.717) is 12.5 Å². The Balaban J connectivity index is 2.23. The summed E-state index contributed by atoms with van der Waals surface area (Å²) in [5.41, 5.74) is 2.92. The number of hydrogen-bond acceptors (Lipinski definition) is 2. The van der Waals surface area contributed by atoms with Crippen LogP contribution in [0.1, 0.15) is 33.3 Å². The van der Waals surface area contributed by atoms with E-state index in [0.717, 1.165) is 5.56 Å². The highest BCUT2D eigenvalue weighted by Gasteiger charge is 2.29. The molecular formula is C21H27NOS. The minimum atomic E-state index is -0.535. The second kappa shape index (κ2) is 7.89. The standard InChI is InChI=1S/C21H27NOS/c1-15(2)14-22-20(23)21(3,4)17-12-10-16(11-13-17)18-8-6-7-9-19(18)24-5/h6-13,15H,14H2,1-5H3,(H,22,23). The molecule has 0 bridgehead atoms. The van der Waals surface area contributed by atoms with Crippen LogP contribution in [-0.2, 0) is 10.2 Å². The largest absolute Gasteiger partial charge is 0.355 e. The van der Waals surface area contributed by atoms with Crippen LogP contribution in [-0.4, -0.2) is 18.7 Å². The summed E-state index contributed by atoms with van der Waals surface area (Å²) in [6, 6.07) is 16.8. The van der Waals surface area contributed by atoms with Crippen molar-refractivity contribution in [2.45, 2.75) is 38.0 Å². The molecule has 1 N–H and O–H groups in total. The molecule has 2 rings (SSSR count). The Hall–Kier alpha value is -1.74. The summed E-state index contributed by atoms with van der Waals surface area (Å²) in [7, 11) is 0. The molecule has 1 amide bonds. The predicted octanol–water partition coefficient (Wildman–Crippen LogP) is 5.13. The van der Waals surface area contributed by atoms with Crippen molar-refractivity contribution < 1.29 is 4.79 Å². The van der Waals surface area contributed by atoms with E-state index >= 15 is 0 Å². The third kappa shape index (κ3) is 4.21. The molecule has 0 atom stereocenters. The first-order valence-electron chi connectivity index (χ1n) is 8.38. The number of benzene rings is 2. The molecule has 0 heterocycles. The summed E-state index contributed by atoms with van der Waals surface area (Å²) in [6.07, 6.45) is 2.09. The first kappa shape index (κ1) is 18.6. The van der Waals surface area contributed by atoms with Gasteiger partial charge in [-0.2, -0.15) is 0 Å². The average molecular weight is 342 g/mol. The third-order valence-electron chi connectivity index (χ3n) is 4.26. The summed E-state index contributed by atoms with van der Waals surface area (Å²) in [5.74, 6) is 0.531. The second-order valence-corrected chi connectivity index (χ2v) is 7.85. The minimum Gasteiger partial charge on any atom is -0.355 e. The summed E-state index contributed by atoms with van der Waals surface area (Å²) in [5, 5.41) is 3.04. The smallest absolute Gasteiger partial charge is 0.230 e. The SMILES string of the molecule is CSc1ccccc1-c1ccc(C(C)(C)C(=O)NCC(C)C)cc1. The Morgan fingerprint density at radius 1 is 1.08 bits per heavy atom. The zero-order valence-corrected chi connectivity index (χ0v) is 16.0. The maximum atomic E-state index is 12.5. The highest BCUT2D eigenvalue weighted by molar-refractivity contribution is 7.98. The van der Waals surface area contributed by atoms with Gasteiger partial charge in [-0.15, -0.1) is 11.8 Å². The van der Waals surface area contributed by atoms with E-state index in [4.69, 9.17) is 0 Å². The molecule has 3 heteroatoms. The Kier molecular flexibility index (Phi) is 6.11. The maximum Gasteiger partial charge on any atom is 0.230 e. The van der Waals surface area contributed by atoms with Crippen molar-refractivity contribution in [1.29, 1.82) is 0 Å². The van der Waals surface area contributed by atoms with E-state index in [-0.39, 0.29) is 5.91 Å². The highest BCUT2D eigenvalue weighted by atomic mass is 32.2. The van der Waals surface area contributed by atoms with Crippen molar-refractivity contribution in [3.63, 3.8) is 0 Å². The molecule has 0 fully saturated rings. The van der Waals surface area contributed by atoms with E-state index in [1.165, 1.54) is 16.0 Å². The molecule has 2 nitrogen and oxygen atoms in total. The zero-order chi connectivity index (χ0) is 17.7. The maximum absolute atomic E-state index is 12.5. The lowest BCUT2D eigenvalue weighted by atomic mass is 9.83. The molecule has 0 aliphatic carbocycles. The fourth-order valence-corrected chi connectivity index (χ4v) is 3.22. The van der Waals surface area contributed by atoms with E-state index in [1.807, 2.05) is 13.8 Å². The molecule has 0 saturated carbocycles. The molecular weight excluding hydrogens is 314 g/mol. The van der Waals surface area contributed by atoms with Crippen LogP contribution in [0.3, 0.4) is 0 Å². The quantitative estimate of drug-likeness (QED) is 0.738.